The Kier molecular flexibility index (Phi) is 3.16. The number of aromatic nitrogens is 2. The lowest BCUT2D eigenvalue weighted by Crippen LogP contribution is -2.34. The highest BCUT2D eigenvalue weighted by Gasteiger charge is 2.32. The lowest BCUT2D eigenvalue weighted by atomic mass is 9.86. The fourth-order valence-corrected chi connectivity index (χ4v) is 2.25. The van der Waals surface area contributed by atoms with Crippen LogP contribution in [-0.4, -0.2) is 23.1 Å². The molecule has 0 atom stereocenters. The maximum absolute atomic E-state index is 5.86. The van der Waals surface area contributed by atoms with Crippen LogP contribution in [-0.2, 0) is 0 Å². The summed E-state index contributed by atoms with van der Waals surface area (Å²) in [6.07, 6.45) is 10.2. The van der Waals surface area contributed by atoms with Crippen molar-refractivity contribution in [2.45, 2.75) is 25.7 Å². The average Bonchev–Trinajstić information content (AvgIpc) is 2.77. The van der Waals surface area contributed by atoms with E-state index in [4.69, 9.17) is 5.73 Å². The molecule has 4 heteroatoms. The van der Waals surface area contributed by atoms with Crippen LogP contribution >= 0.6 is 0 Å². The summed E-state index contributed by atoms with van der Waals surface area (Å²) < 4.78 is 0. The van der Waals surface area contributed by atoms with Crippen molar-refractivity contribution in [1.82, 2.24) is 9.97 Å². The third-order valence-electron chi connectivity index (χ3n) is 3.30. The summed E-state index contributed by atoms with van der Waals surface area (Å²) in [5.41, 5.74) is 6.15. The molecule has 4 nitrogen and oxygen atoms in total. The van der Waals surface area contributed by atoms with Crippen LogP contribution in [0.1, 0.15) is 25.7 Å². The second-order valence-electron chi connectivity index (χ2n) is 4.36. The number of nitrogens with two attached hydrogens (primary N) is 1. The second-order valence-corrected chi connectivity index (χ2v) is 4.36. The molecule has 0 saturated heterocycles. The molecule has 0 bridgehead atoms. The number of nitrogens with one attached hydrogen (secondary N) is 1. The van der Waals surface area contributed by atoms with Crippen molar-refractivity contribution in [1.29, 1.82) is 0 Å². The summed E-state index contributed by atoms with van der Waals surface area (Å²) in [5, 5.41) is 3.32. The Morgan fingerprint density at radius 3 is 2.73 bits per heavy atom. The Hall–Kier alpha value is -1.16. The number of rotatable bonds is 4. The van der Waals surface area contributed by atoms with Crippen LogP contribution in [0.15, 0.2) is 18.6 Å². The van der Waals surface area contributed by atoms with Crippen molar-refractivity contribution in [3.8, 4) is 0 Å². The van der Waals surface area contributed by atoms with E-state index in [0.29, 0.717) is 0 Å². The van der Waals surface area contributed by atoms with Crippen molar-refractivity contribution in [3.63, 3.8) is 0 Å². The van der Waals surface area contributed by atoms with Crippen LogP contribution in [0, 0.1) is 5.41 Å². The van der Waals surface area contributed by atoms with Gasteiger partial charge in [0.15, 0.2) is 0 Å². The predicted octanol–water partition coefficient (Wildman–Crippen LogP) is 1.41. The number of nitrogens with zero attached hydrogens (tertiary/aromatic N) is 2. The maximum atomic E-state index is 5.86. The number of hydrogen-bond acceptors (Lipinski definition) is 4. The van der Waals surface area contributed by atoms with Crippen molar-refractivity contribution < 1.29 is 0 Å². The standard InChI is InChI=1S/C11H18N4/c12-8-11(3-1-2-4-11)9-15-10-7-13-5-6-14-10/h5-7H,1-4,8-9,12H2,(H,14,15). The van der Waals surface area contributed by atoms with Gasteiger partial charge in [0.2, 0.25) is 0 Å². The van der Waals surface area contributed by atoms with E-state index in [-0.39, 0.29) is 5.41 Å². The van der Waals surface area contributed by atoms with Crippen molar-refractivity contribution in [2.24, 2.45) is 11.1 Å². The molecule has 0 aliphatic heterocycles. The molecule has 1 aliphatic rings. The molecule has 0 aromatic carbocycles. The largest absolute Gasteiger partial charge is 0.368 e. The predicted molar refractivity (Wildman–Crippen MR) is 60.5 cm³/mol. The van der Waals surface area contributed by atoms with Gasteiger partial charge in [-0.15, -0.1) is 0 Å². The molecule has 82 valence electrons. The van der Waals surface area contributed by atoms with Crippen molar-refractivity contribution in [3.05, 3.63) is 18.6 Å². The molecule has 3 N–H and O–H groups in total. The van der Waals surface area contributed by atoms with Crippen LogP contribution in [0.25, 0.3) is 0 Å². The van der Waals surface area contributed by atoms with Gasteiger partial charge >= 0.3 is 0 Å². The summed E-state index contributed by atoms with van der Waals surface area (Å²) in [6, 6.07) is 0. The van der Waals surface area contributed by atoms with E-state index < -0.39 is 0 Å². The quantitative estimate of drug-likeness (QED) is 0.781. The number of hydrogen-bond donors (Lipinski definition) is 2. The van der Waals surface area contributed by atoms with E-state index in [1.54, 1.807) is 18.6 Å². The highest BCUT2D eigenvalue weighted by atomic mass is 15.0. The smallest absolute Gasteiger partial charge is 0.144 e. The highest BCUT2D eigenvalue weighted by Crippen LogP contribution is 2.36. The maximum Gasteiger partial charge on any atom is 0.144 e. The molecule has 0 amide bonds. The molecular formula is C11H18N4. The fourth-order valence-electron chi connectivity index (χ4n) is 2.25. The van der Waals surface area contributed by atoms with Crippen LogP contribution in [0.4, 0.5) is 5.82 Å². The minimum absolute atomic E-state index is 0.289. The van der Waals surface area contributed by atoms with Gasteiger partial charge in [-0.2, -0.15) is 0 Å². The van der Waals surface area contributed by atoms with Crippen LogP contribution in [0.5, 0.6) is 0 Å². The zero-order valence-corrected chi connectivity index (χ0v) is 8.95. The lowest BCUT2D eigenvalue weighted by molar-refractivity contribution is 0.332. The first kappa shape index (κ1) is 10.4. The van der Waals surface area contributed by atoms with Crippen LogP contribution in [0.3, 0.4) is 0 Å². The minimum atomic E-state index is 0.289. The monoisotopic (exact) mass is 206 g/mol. The summed E-state index contributed by atoms with van der Waals surface area (Å²) in [6.45, 7) is 1.68. The zero-order chi connectivity index (χ0) is 10.6. The Morgan fingerprint density at radius 1 is 1.33 bits per heavy atom. The van der Waals surface area contributed by atoms with E-state index in [2.05, 4.69) is 15.3 Å². The third kappa shape index (κ3) is 2.45. The first-order valence-corrected chi connectivity index (χ1v) is 5.55. The second kappa shape index (κ2) is 4.57. The zero-order valence-electron chi connectivity index (χ0n) is 8.95. The van der Waals surface area contributed by atoms with E-state index in [9.17, 15) is 0 Å². The molecule has 1 aromatic rings. The van der Waals surface area contributed by atoms with E-state index in [0.717, 1.165) is 18.9 Å². The third-order valence-corrected chi connectivity index (χ3v) is 3.30. The molecule has 1 saturated carbocycles. The molecule has 0 unspecified atom stereocenters. The lowest BCUT2D eigenvalue weighted by Gasteiger charge is -2.27. The van der Waals surface area contributed by atoms with Crippen molar-refractivity contribution >= 4 is 5.82 Å². The normalized spacial score (nSPS) is 19.0. The molecule has 0 radical (unpaired) electrons. The van der Waals surface area contributed by atoms with Gasteiger partial charge in [-0.25, -0.2) is 4.98 Å². The van der Waals surface area contributed by atoms with Gasteiger partial charge in [-0.05, 0) is 24.8 Å². The molecule has 0 spiro atoms. The summed E-state index contributed by atoms with van der Waals surface area (Å²) in [7, 11) is 0. The van der Waals surface area contributed by atoms with Gasteiger partial charge in [-0.1, -0.05) is 12.8 Å². The summed E-state index contributed by atoms with van der Waals surface area (Å²) >= 11 is 0. The molecule has 2 rings (SSSR count). The van der Waals surface area contributed by atoms with Crippen LogP contribution in [0.2, 0.25) is 0 Å². The summed E-state index contributed by atoms with van der Waals surface area (Å²) in [5.74, 6) is 0.845. The van der Waals surface area contributed by atoms with E-state index >= 15 is 0 Å². The Morgan fingerprint density at radius 2 is 2.13 bits per heavy atom. The van der Waals surface area contributed by atoms with Gasteiger partial charge < -0.3 is 11.1 Å². The Labute approximate surface area is 90.3 Å². The average molecular weight is 206 g/mol. The topological polar surface area (TPSA) is 63.8 Å². The van der Waals surface area contributed by atoms with Gasteiger partial charge in [0.1, 0.15) is 5.82 Å². The molecule has 1 heterocycles. The van der Waals surface area contributed by atoms with Gasteiger partial charge in [-0.3, -0.25) is 4.98 Å². The number of anilines is 1. The van der Waals surface area contributed by atoms with Gasteiger partial charge in [0, 0.05) is 18.9 Å². The molecule has 1 aromatic heterocycles. The first-order chi connectivity index (χ1) is 7.35. The summed E-state index contributed by atoms with van der Waals surface area (Å²) in [4.78, 5) is 8.21. The molecular weight excluding hydrogens is 188 g/mol. The fraction of sp³-hybridized carbons (Fsp3) is 0.636. The Balaban J connectivity index is 1.92. The minimum Gasteiger partial charge on any atom is -0.368 e. The van der Waals surface area contributed by atoms with Crippen LogP contribution < -0.4 is 11.1 Å². The Bertz CT molecular complexity index is 293. The molecule has 1 fully saturated rings. The van der Waals surface area contributed by atoms with E-state index in [1.807, 2.05) is 0 Å². The van der Waals surface area contributed by atoms with Gasteiger partial charge in [0.25, 0.3) is 0 Å². The van der Waals surface area contributed by atoms with E-state index in [1.165, 1.54) is 25.7 Å². The molecule has 1 aliphatic carbocycles. The molecule has 15 heavy (non-hydrogen) atoms. The van der Waals surface area contributed by atoms with Crippen molar-refractivity contribution in [2.75, 3.05) is 18.4 Å². The highest BCUT2D eigenvalue weighted by molar-refractivity contribution is 5.30. The first-order valence-electron chi connectivity index (χ1n) is 5.55. The van der Waals surface area contributed by atoms with Gasteiger partial charge in [0.05, 0.1) is 6.20 Å². The SMILES string of the molecule is NCC1(CNc2cnccn2)CCCC1.